The average molecular weight is 347 g/mol. The molecule has 0 aliphatic rings. The van der Waals surface area contributed by atoms with E-state index in [0.717, 1.165) is 16.7 Å². The largest absolute Gasteiger partial charge is 0.457 e. The molecule has 2 aromatic rings. The van der Waals surface area contributed by atoms with Gasteiger partial charge in [0.05, 0.1) is 10.5 Å². The molecule has 0 spiro atoms. The van der Waals surface area contributed by atoms with E-state index in [1.165, 1.54) is 24.3 Å². The summed E-state index contributed by atoms with van der Waals surface area (Å²) >= 11 is 0. The van der Waals surface area contributed by atoms with E-state index in [9.17, 15) is 13.2 Å². The summed E-state index contributed by atoms with van der Waals surface area (Å²) in [6, 6.07) is 11.8. The SMILES string of the molecule is CCNS(=O)(=O)c1cccc(C(=O)OCc2cc(C)cc(C)c2)c1. The fourth-order valence-corrected chi connectivity index (χ4v) is 3.53. The predicted molar refractivity (Wildman–Crippen MR) is 92.3 cm³/mol. The van der Waals surface area contributed by atoms with Gasteiger partial charge in [-0.1, -0.05) is 42.3 Å². The molecule has 128 valence electrons. The molecule has 0 aromatic heterocycles. The molecule has 0 aliphatic heterocycles. The van der Waals surface area contributed by atoms with Gasteiger partial charge in [0.2, 0.25) is 10.0 Å². The molecular formula is C18H21NO4S. The third-order valence-electron chi connectivity index (χ3n) is 3.37. The number of nitrogens with one attached hydrogen (secondary N) is 1. The lowest BCUT2D eigenvalue weighted by Gasteiger charge is -2.09. The van der Waals surface area contributed by atoms with Crippen LogP contribution in [0.2, 0.25) is 0 Å². The molecule has 0 heterocycles. The smallest absolute Gasteiger partial charge is 0.338 e. The Balaban J connectivity index is 2.13. The first-order valence-corrected chi connectivity index (χ1v) is 9.14. The number of sulfonamides is 1. The van der Waals surface area contributed by atoms with Crippen molar-refractivity contribution in [2.45, 2.75) is 32.3 Å². The van der Waals surface area contributed by atoms with Gasteiger partial charge in [0.25, 0.3) is 0 Å². The van der Waals surface area contributed by atoms with Crippen molar-refractivity contribution < 1.29 is 17.9 Å². The Kier molecular flexibility index (Phi) is 5.75. The number of esters is 1. The number of carbonyl (C=O) groups is 1. The van der Waals surface area contributed by atoms with Crippen LogP contribution < -0.4 is 4.72 Å². The first kappa shape index (κ1) is 18.2. The predicted octanol–water partition coefficient (Wildman–Crippen LogP) is 2.96. The van der Waals surface area contributed by atoms with Crippen molar-refractivity contribution in [2.75, 3.05) is 6.54 Å². The van der Waals surface area contributed by atoms with Gasteiger partial charge in [-0.15, -0.1) is 0 Å². The normalized spacial score (nSPS) is 11.3. The molecule has 1 N–H and O–H groups in total. The second-order valence-electron chi connectivity index (χ2n) is 5.60. The fourth-order valence-electron chi connectivity index (χ4n) is 2.45. The topological polar surface area (TPSA) is 72.5 Å². The van der Waals surface area contributed by atoms with Crippen LogP contribution in [0, 0.1) is 13.8 Å². The molecule has 0 atom stereocenters. The third kappa shape index (κ3) is 4.66. The molecule has 0 radical (unpaired) electrons. The molecule has 0 bridgehead atoms. The molecule has 0 amide bonds. The highest BCUT2D eigenvalue weighted by Crippen LogP contribution is 2.14. The van der Waals surface area contributed by atoms with Crippen LogP contribution in [-0.2, 0) is 21.4 Å². The van der Waals surface area contributed by atoms with E-state index in [4.69, 9.17) is 4.74 Å². The molecule has 2 aromatic carbocycles. The summed E-state index contributed by atoms with van der Waals surface area (Å²) < 4.78 is 31.7. The fraction of sp³-hybridized carbons (Fsp3) is 0.278. The minimum Gasteiger partial charge on any atom is -0.457 e. The van der Waals surface area contributed by atoms with Crippen LogP contribution in [0.25, 0.3) is 0 Å². The maximum Gasteiger partial charge on any atom is 0.338 e. The number of hydrogen-bond donors (Lipinski definition) is 1. The van der Waals surface area contributed by atoms with Crippen LogP contribution in [0.3, 0.4) is 0 Å². The van der Waals surface area contributed by atoms with E-state index in [1.54, 1.807) is 6.92 Å². The molecule has 6 heteroatoms. The Bertz CT molecular complexity index is 824. The zero-order chi connectivity index (χ0) is 17.7. The van der Waals surface area contributed by atoms with Crippen LogP contribution in [-0.4, -0.2) is 20.9 Å². The molecular weight excluding hydrogens is 326 g/mol. The zero-order valence-electron chi connectivity index (χ0n) is 14.0. The Morgan fingerprint density at radius 1 is 1.08 bits per heavy atom. The highest BCUT2D eigenvalue weighted by Gasteiger charge is 2.16. The molecule has 5 nitrogen and oxygen atoms in total. The van der Waals surface area contributed by atoms with Crippen LogP contribution in [0.15, 0.2) is 47.4 Å². The molecule has 0 fully saturated rings. The van der Waals surface area contributed by atoms with Gasteiger partial charge in [0.1, 0.15) is 6.61 Å². The summed E-state index contributed by atoms with van der Waals surface area (Å²) in [6.45, 7) is 6.08. The molecule has 24 heavy (non-hydrogen) atoms. The van der Waals surface area contributed by atoms with Gasteiger partial charge in [0, 0.05) is 6.54 Å². The van der Waals surface area contributed by atoms with E-state index in [-0.39, 0.29) is 23.6 Å². The summed E-state index contributed by atoms with van der Waals surface area (Å²) in [4.78, 5) is 12.2. The summed E-state index contributed by atoms with van der Waals surface area (Å²) in [5.41, 5.74) is 3.30. The number of benzene rings is 2. The van der Waals surface area contributed by atoms with Gasteiger partial charge >= 0.3 is 5.97 Å². The van der Waals surface area contributed by atoms with Crippen molar-refractivity contribution in [3.05, 3.63) is 64.7 Å². The van der Waals surface area contributed by atoms with E-state index in [2.05, 4.69) is 4.72 Å². The number of hydrogen-bond acceptors (Lipinski definition) is 4. The summed E-state index contributed by atoms with van der Waals surface area (Å²) in [5.74, 6) is -0.553. The second kappa shape index (κ2) is 7.59. The maximum absolute atomic E-state index is 12.2. The van der Waals surface area contributed by atoms with Gasteiger partial charge in [-0.3, -0.25) is 0 Å². The average Bonchev–Trinajstić information content (AvgIpc) is 2.52. The molecule has 0 unspecified atom stereocenters. The van der Waals surface area contributed by atoms with E-state index >= 15 is 0 Å². The lowest BCUT2D eigenvalue weighted by atomic mass is 10.1. The minimum atomic E-state index is -3.60. The Labute approximate surface area is 142 Å². The molecule has 0 saturated carbocycles. The van der Waals surface area contributed by atoms with Crippen LogP contribution >= 0.6 is 0 Å². The number of rotatable bonds is 6. The highest BCUT2D eigenvalue weighted by molar-refractivity contribution is 7.89. The van der Waals surface area contributed by atoms with Gasteiger partial charge in [-0.05, 0) is 37.6 Å². The van der Waals surface area contributed by atoms with Gasteiger partial charge in [0.15, 0.2) is 0 Å². The second-order valence-corrected chi connectivity index (χ2v) is 7.37. The van der Waals surface area contributed by atoms with Crippen molar-refractivity contribution >= 4 is 16.0 Å². The minimum absolute atomic E-state index is 0.0465. The third-order valence-corrected chi connectivity index (χ3v) is 4.91. The monoisotopic (exact) mass is 347 g/mol. The van der Waals surface area contributed by atoms with Gasteiger partial charge in [-0.2, -0.15) is 0 Å². The Hall–Kier alpha value is -2.18. The Morgan fingerprint density at radius 2 is 1.75 bits per heavy atom. The van der Waals surface area contributed by atoms with E-state index < -0.39 is 16.0 Å². The van der Waals surface area contributed by atoms with Crippen molar-refractivity contribution in [1.29, 1.82) is 0 Å². The van der Waals surface area contributed by atoms with Crippen molar-refractivity contribution in [3.8, 4) is 0 Å². The summed E-state index contributed by atoms with van der Waals surface area (Å²) in [5, 5.41) is 0. The number of ether oxygens (including phenoxy) is 1. The molecule has 2 rings (SSSR count). The zero-order valence-corrected chi connectivity index (χ0v) is 14.8. The lowest BCUT2D eigenvalue weighted by Crippen LogP contribution is -2.23. The van der Waals surface area contributed by atoms with E-state index in [1.807, 2.05) is 32.0 Å². The van der Waals surface area contributed by atoms with Gasteiger partial charge in [-0.25, -0.2) is 17.9 Å². The van der Waals surface area contributed by atoms with Crippen molar-refractivity contribution in [1.82, 2.24) is 4.72 Å². The number of carbonyl (C=O) groups excluding carboxylic acids is 1. The maximum atomic E-state index is 12.2. The standard InChI is InChI=1S/C18H21NO4S/c1-4-19-24(21,22)17-7-5-6-16(11-17)18(20)23-12-15-9-13(2)8-14(3)10-15/h5-11,19H,4,12H2,1-3H3. The summed E-state index contributed by atoms with van der Waals surface area (Å²) in [6.07, 6.45) is 0. The molecule has 0 aliphatic carbocycles. The first-order valence-electron chi connectivity index (χ1n) is 7.66. The lowest BCUT2D eigenvalue weighted by molar-refractivity contribution is 0.0472. The van der Waals surface area contributed by atoms with Crippen LogP contribution in [0.4, 0.5) is 0 Å². The van der Waals surface area contributed by atoms with Crippen LogP contribution in [0.1, 0.15) is 34.0 Å². The Morgan fingerprint density at radius 3 is 2.38 bits per heavy atom. The number of aryl methyl sites for hydroxylation is 2. The van der Waals surface area contributed by atoms with E-state index in [0.29, 0.717) is 0 Å². The first-order chi connectivity index (χ1) is 11.3. The summed E-state index contributed by atoms with van der Waals surface area (Å²) in [7, 11) is -3.60. The van der Waals surface area contributed by atoms with Gasteiger partial charge < -0.3 is 4.74 Å². The highest BCUT2D eigenvalue weighted by atomic mass is 32.2. The quantitative estimate of drug-likeness (QED) is 0.816. The van der Waals surface area contributed by atoms with Crippen LogP contribution in [0.5, 0.6) is 0 Å². The van der Waals surface area contributed by atoms with Crippen molar-refractivity contribution in [2.24, 2.45) is 0 Å². The van der Waals surface area contributed by atoms with Crippen molar-refractivity contribution in [3.63, 3.8) is 0 Å². The molecule has 0 saturated heterocycles.